The third-order valence-electron chi connectivity index (χ3n) is 4.97. The predicted octanol–water partition coefficient (Wildman–Crippen LogP) is 4.50. The number of carbonyl (C=O) groups is 1. The minimum absolute atomic E-state index is 0.0808. The number of rotatable bonds is 7. The van der Waals surface area contributed by atoms with Crippen LogP contribution in [-0.2, 0) is 11.2 Å². The molecular weight excluding hydrogens is 383 g/mol. The molecule has 1 fully saturated rings. The van der Waals surface area contributed by atoms with Gasteiger partial charge in [0.05, 0.1) is 19.6 Å². The molecule has 144 valence electrons. The second kappa shape index (κ2) is 9.45. The Labute approximate surface area is 170 Å². The van der Waals surface area contributed by atoms with E-state index in [1.54, 1.807) is 25.3 Å². The third-order valence-corrected chi connectivity index (χ3v) is 5.68. The molecule has 0 radical (unpaired) electrons. The van der Waals surface area contributed by atoms with E-state index in [2.05, 4.69) is 22.3 Å². The topological polar surface area (TPSA) is 41.6 Å². The number of ether oxygens (including phenoxy) is 1. The van der Waals surface area contributed by atoms with Gasteiger partial charge in [0.1, 0.15) is 5.75 Å². The number of methoxy groups -OCH3 is 1. The Morgan fingerprint density at radius 3 is 2.33 bits per heavy atom. The van der Waals surface area contributed by atoms with Crippen molar-refractivity contribution in [2.24, 2.45) is 0 Å². The van der Waals surface area contributed by atoms with Gasteiger partial charge in [-0.1, -0.05) is 41.4 Å². The summed E-state index contributed by atoms with van der Waals surface area (Å²) < 4.78 is 5.25. The van der Waals surface area contributed by atoms with Crippen molar-refractivity contribution in [1.82, 2.24) is 10.2 Å². The van der Waals surface area contributed by atoms with Gasteiger partial charge < -0.3 is 10.1 Å². The maximum Gasteiger partial charge on any atom is 0.224 e. The molecule has 1 heterocycles. The zero-order valence-electron chi connectivity index (χ0n) is 15.4. The van der Waals surface area contributed by atoms with Crippen LogP contribution in [0, 0.1) is 0 Å². The summed E-state index contributed by atoms with van der Waals surface area (Å²) in [4.78, 5) is 14.9. The van der Waals surface area contributed by atoms with Crippen LogP contribution < -0.4 is 10.1 Å². The molecule has 1 N–H and O–H groups in total. The molecule has 0 aliphatic carbocycles. The molecule has 2 aromatic carbocycles. The largest absolute Gasteiger partial charge is 0.497 e. The highest BCUT2D eigenvalue weighted by Crippen LogP contribution is 2.27. The van der Waals surface area contributed by atoms with Crippen LogP contribution in [0.25, 0.3) is 0 Å². The number of hydrogen-bond acceptors (Lipinski definition) is 3. The van der Waals surface area contributed by atoms with Gasteiger partial charge in [0.2, 0.25) is 5.91 Å². The molecule has 1 amide bonds. The van der Waals surface area contributed by atoms with Crippen molar-refractivity contribution < 1.29 is 9.53 Å². The Morgan fingerprint density at radius 1 is 1.11 bits per heavy atom. The van der Waals surface area contributed by atoms with Crippen LogP contribution in [0.15, 0.2) is 42.5 Å². The van der Waals surface area contributed by atoms with Gasteiger partial charge >= 0.3 is 0 Å². The van der Waals surface area contributed by atoms with Crippen molar-refractivity contribution in [3.05, 3.63) is 63.6 Å². The number of likely N-dealkylation sites (tertiary alicyclic amines) is 1. The van der Waals surface area contributed by atoms with Gasteiger partial charge in [-0.25, -0.2) is 0 Å². The van der Waals surface area contributed by atoms with E-state index in [9.17, 15) is 4.79 Å². The maximum atomic E-state index is 12.5. The zero-order valence-corrected chi connectivity index (χ0v) is 16.9. The highest BCUT2D eigenvalue weighted by atomic mass is 35.5. The first kappa shape index (κ1) is 20.0. The lowest BCUT2D eigenvalue weighted by molar-refractivity contribution is -0.120. The summed E-state index contributed by atoms with van der Waals surface area (Å²) in [5, 5.41) is 4.10. The minimum atomic E-state index is -0.0808. The minimum Gasteiger partial charge on any atom is -0.497 e. The molecule has 1 saturated heterocycles. The van der Waals surface area contributed by atoms with E-state index in [-0.39, 0.29) is 18.4 Å². The molecule has 27 heavy (non-hydrogen) atoms. The van der Waals surface area contributed by atoms with Crippen LogP contribution in [0.5, 0.6) is 5.75 Å². The monoisotopic (exact) mass is 406 g/mol. The fourth-order valence-electron chi connectivity index (χ4n) is 3.47. The fourth-order valence-corrected chi connectivity index (χ4v) is 4.00. The maximum absolute atomic E-state index is 12.5. The lowest BCUT2D eigenvalue weighted by atomic mass is 10.0. The van der Waals surface area contributed by atoms with Crippen molar-refractivity contribution in [3.63, 3.8) is 0 Å². The molecule has 2 aromatic rings. The number of carbonyl (C=O) groups excluding carboxylic acids is 1. The molecule has 1 aliphatic rings. The smallest absolute Gasteiger partial charge is 0.224 e. The second-order valence-corrected chi connectivity index (χ2v) is 7.53. The van der Waals surface area contributed by atoms with E-state index in [1.165, 1.54) is 18.4 Å². The van der Waals surface area contributed by atoms with Crippen molar-refractivity contribution in [1.29, 1.82) is 0 Å². The van der Waals surface area contributed by atoms with Crippen LogP contribution in [0.2, 0.25) is 10.0 Å². The van der Waals surface area contributed by atoms with Crippen LogP contribution in [0.3, 0.4) is 0 Å². The Kier molecular flexibility index (Phi) is 7.00. The predicted molar refractivity (Wildman–Crippen MR) is 110 cm³/mol. The molecule has 4 nitrogen and oxygen atoms in total. The third kappa shape index (κ3) is 5.16. The Bertz CT molecular complexity index is 754. The fraction of sp³-hybridized carbons (Fsp3) is 0.381. The SMILES string of the molecule is COc1ccc([C@H](CNC(=O)Cc2c(Cl)cccc2Cl)N2CCCC2)cc1. The lowest BCUT2D eigenvalue weighted by Gasteiger charge is -2.28. The molecule has 1 atom stereocenters. The average Bonchev–Trinajstić information content (AvgIpc) is 3.20. The van der Waals surface area contributed by atoms with E-state index in [1.807, 2.05) is 12.1 Å². The first-order chi connectivity index (χ1) is 13.1. The number of amides is 1. The Balaban J connectivity index is 1.67. The highest BCUT2D eigenvalue weighted by molar-refractivity contribution is 6.36. The number of hydrogen-bond donors (Lipinski definition) is 1. The molecular formula is C21H24Cl2N2O2. The molecule has 0 unspecified atom stereocenters. The average molecular weight is 407 g/mol. The summed E-state index contributed by atoms with van der Waals surface area (Å²) >= 11 is 12.4. The number of nitrogens with zero attached hydrogens (tertiary/aromatic N) is 1. The molecule has 3 rings (SSSR count). The highest BCUT2D eigenvalue weighted by Gasteiger charge is 2.24. The summed E-state index contributed by atoms with van der Waals surface area (Å²) in [6.07, 6.45) is 2.56. The quantitative estimate of drug-likeness (QED) is 0.735. The van der Waals surface area contributed by atoms with E-state index in [0.29, 0.717) is 22.2 Å². The van der Waals surface area contributed by atoms with Crippen molar-refractivity contribution in [3.8, 4) is 5.75 Å². The van der Waals surface area contributed by atoms with Gasteiger partial charge in [0.25, 0.3) is 0 Å². The Hall–Kier alpha value is -1.75. The first-order valence-electron chi connectivity index (χ1n) is 9.16. The van der Waals surface area contributed by atoms with E-state index in [0.717, 1.165) is 18.8 Å². The number of halogens is 2. The van der Waals surface area contributed by atoms with Gasteiger partial charge in [-0.15, -0.1) is 0 Å². The standard InChI is InChI=1S/C21H24Cl2N2O2/c1-27-16-9-7-15(8-10-16)20(25-11-2-3-12-25)14-24-21(26)13-17-18(22)5-4-6-19(17)23/h4-10,20H,2-3,11-14H2,1H3,(H,24,26)/t20-/m0/s1. The van der Waals surface area contributed by atoms with Gasteiger partial charge in [0, 0.05) is 16.6 Å². The number of benzene rings is 2. The summed E-state index contributed by atoms with van der Waals surface area (Å²) in [6, 6.07) is 13.5. The van der Waals surface area contributed by atoms with Gasteiger partial charge in [-0.2, -0.15) is 0 Å². The van der Waals surface area contributed by atoms with Gasteiger partial charge in [0.15, 0.2) is 0 Å². The van der Waals surface area contributed by atoms with E-state index < -0.39 is 0 Å². The second-order valence-electron chi connectivity index (χ2n) is 6.71. The van der Waals surface area contributed by atoms with Crippen LogP contribution >= 0.6 is 23.2 Å². The summed E-state index contributed by atoms with van der Waals surface area (Å²) in [7, 11) is 1.66. The molecule has 6 heteroatoms. The summed E-state index contributed by atoms with van der Waals surface area (Å²) in [6.45, 7) is 2.64. The van der Waals surface area contributed by atoms with E-state index >= 15 is 0 Å². The summed E-state index contributed by atoms with van der Waals surface area (Å²) in [5.41, 5.74) is 1.84. The lowest BCUT2D eigenvalue weighted by Crippen LogP contribution is -2.37. The van der Waals surface area contributed by atoms with Crippen LogP contribution in [0.4, 0.5) is 0 Å². The molecule has 0 bridgehead atoms. The van der Waals surface area contributed by atoms with Crippen LogP contribution in [-0.4, -0.2) is 37.6 Å². The van der Waals surface area contributed by atoms with Crippen molar-refractivity contribution in [2.45, 2.75) is 25.3 Å². The molecule has 0 saturated carbocycles. The van der Waals surface area contributed by atoms with Crippen molar-refractivity contribution >= 4 is 29.1 Å². The Morgan fingerprint density at radius 2 is 1.74 bits per heavy atom. The first-order valence-corrected chi connectivity index (χ1v) is 9.91. The summed E-state index contributed by atoms with van der Waals surface area (Å²) in [5.74, 6) is 0.749. The van der Waals surface area contributed by atoms with Gasteiger partial charge in [-0.05, 0) is 61.3 Å². The number of nitrogens with one attached hydrogen (secondary N) is 1. The normalized spacial score (nSPS) is 15.5. The van der Waals surface area contributed by atoms with Crippen LogP contribution in [0.1, 0.15) is 30.0 Å². The van der Waals surface area contributed by atoms with Gasteiger partial charge in [-0.3, -0.25) is 9.69 Å². The zero-order chi connectivity index (χ0) is 19.2. The molecule has 0 spiro atoms. The van der Waals surface area contributed by atoms with Crippen molar-refractivity contribution in [2.75, 3.05) is 26.7 Å². The van der Waals surface area contributed by atoms with E-state index in [4.69, 9.17) is 27.9 Å². The molecule has 0 aromatic heterocycles. The molecule has 1 aliphatic heterocycles.